The number of rotatable bonds is 12. The summed E-state index contributed by atoms with van der Waals surface area (Å²) in [4.78, 5) is 9.67. The van der Waals surface area contributed by atoms with Gasteiger partial charge in [-0.25, -0.2) is 0 Å². The number of ether oxygens (including phenoxy) is 1. The molecule has 6 nitrogen and oxygen atoms in total. The first-order valence-corrected chi connectivity index (χ1v) is 10.1. The van der Waals surface area contributed by atoms with E-state index in [-0.39, 0.29) is 0 Å². The first-order valence-electron chi connectivity index (χ1n) is 10.1. The number of hydrogen-bond acceptors (Lipinski definition) is 4. The van der Waals surface area contributed by atoms with Crippen LogP contribution in [0.5, 0.6) is 0 Å². The van der Waals surface area contributed by atoms with Crippen LogP contribution in [-0.4, -0.2) is 88.4 Å². The Morgan fingerprint density at radius 3 is 2.80 bits per heavy atom. The Labute approximate surface area is 155 Å². The number of methoxy groups -OCH3 is 1. The van der Waals surface area contributed by atoms with Gasteiger partial charge < -0.3 is 25.2 Å². The van der Waals surface area contributed by atoms with E-state index in [1.54, 1.807) is 7.11 Å². The SMILES string of the molecule is CCNC(=NCCCN1CCCCC1C)NCCN(C)CCCOC. The molecule has 0 aromatic carbocycles. The summed E-state index contributed by atoms with van der Waals surface area (Å²) in [6.07, 6.45) is 6.32. The number of nitrogens with one attached hydrogen (secondary N) is 2. The van der Waals surface area contributed by atoms with Gasteiger partial charge in [0.15, 0.2) is 5.96 Å². The molecule has 1 atom stereocenters. The summed E-state index contributed by atoms with van der Waals surface area (Å²) in [5.41, 5.74) is 0. The van der Waals surface area contributed by atoms with E-state index >= 15 is 0 Å². The van der Waals surface area contributed by atoms with E-state index in [0.29, 0.717) is 0 Å². The highest BCUT2D eigenvalue weighted by molar-refractivity contribution is 5.79. The van der Waals surface area contributed by atoms with Gasteiger partial charge in [0.05, 0.1) is 0 Å². The lowest BCUT2D eigenvalue weighted by Gasteiger charge is -2.33. The third kappa shape index (κ3) is 10.7. The predicted octanol–water partition coefficient (Wildman–Crippen LogP) is 1.77. The van der Waals surface area contributed by atoms with Gasteiger partial charge in [-0.05, 0) is 53.1 Å². The maximum Gasteiger partial charge on any atom is 0.191 e. The molecule has 0 radical (unpaired) electrons. The van der Waals surface area contributed by atoms with Gasteiger partial charge in [0.2, 0.25) is 0 Å². The number of piperidine rings is 1. The fraction of sp³-hybridized carbons (Fsp3) is 0.947. The summed E-state index contributed by atoms with van der Waals surface area (Å²) in [7, 11) is 3.91. The molecule has 2 N–H and O–H groups in total. The average molecular weight is 356 g/mol. The Kier molecular flexibility index (Phi) is 12.7. The Morgan fingerprint density at radius 2 is 2.08 bits per heavy atom. The van der Waals surface area contributed by atoms with Crippen LogP contribution in [0.15, 0.2) is 4.99 Å². The van der Waals surface area contributed by atoms with Crippen LogP contribution in [0.2, 0.25) is 0 Å². The molecule has 0 bridgehead atoms. The molecule has 25 heavy (non-hydrogen) atoms. The van der Waals surface area contributed by atoms with Gasteiger partial charge in [-0.15, -0.1) is 0 Å². The minimum absolute atomic E-state index is 0.748. The molecule has 1 rings (SSSR count). The fourth-order valence-electron chi connectivity index (χ4n) is 3.25. The zero-order chi connectivity index (χ0) is 18.3. The minimum atomic E-state index is 0.748. The standard InChI is InChI=1S/C19H41N5O/c1-5-20-19(22-12-16-23(3)13-9-17-25-4)21-11-8-15-24-14-7-6-10-18(24)2/h18H,5-17H2,1-4H3,(H2,20,21,22). The summed E-state index contributed by atoms with van der Waals surface area (Å²) in [5, 5.41) is 6.78. The largest absolute Gasteiger partial charge is 0.385 e. The van der Waals surface area contributed by atoms with Crippen molar-refractivity contribution in [2.45, 2.75) is 52.0 Å². The molecule has 0 aliphatic carbocycles. The lowest BCUT2D eigenvalue weighted by atomic mass is 10.0. The number of nitrogens with zero attached hydrogens (tertiary/aromatic N) is 3. The van der Waals surface area contributed by atoms with Gasteiger partial charge in [0.25, 0.3) is 0 Å². The Morgan fingerprint density at radius 1 is 1.24 bits per heavy atom. The quantitative estimate of drug-likeness (QED) is 0.317. The fourth-order valence-corrected chi connectivity index (χ4v) is 3.25. The summed E-state index contributed by atoms with van der Waals surface area (Å²) < 4.78 is 5.10. The van der Waals surface area contributed by atoms with Crippen molar-refractivity contribution in [1.82, 2.24) is 20.4 Å². The second kappa shape index (κ2) is 14.3. The van der Waals surface area contributed by atoms with E-state index in [1.165, 1.54) is 32.4 Å². The normalized spacial score (nSPS) is 19.4. The van der Waals surface area contributed by atoms with Crippen LogP contribution in [0.4, 0.5) is 0 Å². The number of hydrogen-bond donors (Lipinski definition) is 2. The van der Waals surface area contributed by atoms with Crippen molar-refractivity contribution in [3.8, 4) is 0 Å². The van der Waals surface area contributed by atoms with Crippen molar-refractivity contribution in [2.24, 2.45) is 4.99 Å². The molecule has 1 fully saturated rings. The molecule has 1 aliphatic rings. The summed E-state index contributed by atoms with van der Waals surface area (Å²) in [6, 6.07) is 0.748. The monoisotopic (exact) mass is 355 g/mol. The van der Waals surface area contributed by atoms with Crippen molar-refractivity contribution >= 4 is 5.96 Å². The maximum atomic E-state index is 5.10. The highest BCUT2D eigenvalue weighted by Crippen LogP contribution is 2.16. The number of aliphatic imine (C=N–C) groups is 1. The molecule has 0 aromatic heterocycles. The van der Waals surface area contributed by atoms with E-state index < -0.39 is 0 Å². The van der Waals surface area contributed by atoms with Crippen LogP contribution in [0.1, 0.15) is 46.0 Å². The molecule has 1 saturated heterocycles. The van der Waals surface area contributed by atoms with E-state index in [4.69, 9.17) is 9.73 Å². The van der Waals surface area contributed by atoms with Crippen LogP contribution in [0, 0.1) is 0 Å². The highest BCUT2D eigenvalue weighted by atomic mass is 16.5. The lowest BCUT2D eigenvalue weighted by molar-refractivity contribution is 0.160. The molecule has 1 unspecified atom stereocenters. The molecular weight excluding hydrogens is 314 g/mol. The smallest absolute Gasteiger partial charge is 0.191 e. The van der Waals surface area contributed by atoms with Gasteiger partial charge in [0.1, 0.15) is 0 Å². The Hall–Kier alpha value is -0.850. The third-order valence-electron chi connectivity index (χ3n) is 4.83. The highest BCUT2D eigenvalue weighted by Gasteiger charge is 2.16. The number of likely N-dealkylation sites (tertiary alicyclic amines) is 1. The zero-order valence-corrected chi connectivity index (χ0v) is 17.0. The number of guanidine groups is 1. The van der Waals surface area contributed by atoms with Crippen molar-refractivity contribution < 1.29 is 4.74 Å². The number of likely N-dealkylation sites (N-methyl/N-ethyl adjacent to an activating group) is 1. The van der Waals surface area contributed by atoms with Crippen LogP contribution < -0.4 is 10.6 Å². The van der Waals surface area contributed by atoms with Crippen molar-refractivity contribution in [3.05, 3.63) is 0 Å². The molecule has 6 heteroatoms. The summed E-state index contributed by atoms with van der Waals surface area (Å²) in [6.45, 7) is 12.5. The molecule has 0 spiro atoms. The van der Waals surface area contributed by atoms with Crippen molar-refractivity contribution in [3.63, 3.8) is 0 Å². The van der Waals surface area contributed by atoms with Gasteiger partial charge in [-0.2, -0.15) is 0 Å². The van der Waals surface area contributed by atoms with E-state index in [1.807, 2.05) is 0 Å². The van der Waals surface area contributed by atoms with Gasteiger partial charge in [0, 0.05) is 59.0 Å². The zero-order valence-electron chi connectivity index (χ0n) is 17.0. The third-order valence-corrected chi connectivity index (χ3v) is 4.83. The van der Waals surface area contributed by atoms with Crippen LogP contribution in [0.25, 0.3) is 0 Å². The molecule has 148 valence electrons. The molecule has 1 aliphatic heterocycles. The van der Waals surface area contributed by atoms with Gasteiger partial charge in [-0.3, -0.25) is 4.99 Å². The van der Waals surface area contributed by atoms with Crippen molar-refractivity contribution in [2.75, 3.05) is 66.6 Å². The van der Waals surface area contributed by atoms with E-state index in [2.05, 4.69) is 41.3 Å². The van der Waals surface area contributed by atoms with Crippen LogP contribution in [-0.2, 0) is 4.74 Å². The second-order valence-corrected chi connectivity index (χ2v) is 7.07. The van der Waals surface area contributed by atoms with E-state index in [9.17, 15) is 0 Å². The Balaban J connectivity index is 2.19. The molecule has 0 aromatic rings. The first-order chi connectivity index (χ1) is 12.2. The van der Waals surface area contributed by atoms with Crippen LogP contribution >= 0.6 is 0 Å². The molecule has 0 saturated carbocycles. The summed E-state index contributed by atoms with van der Waals surface area (Å²) >= 11 is 0. The topological polar surface area (TPSA) is 52.1 Å². The molecular formula is C19H41N5O. The van der Waals surface area contributed by atoms with Gasteiger partial charge >= 0.3 is 0 Å². The maximum absolute atomic E-state index is 5.10. The minimum Gasteiger partial charge on any atom is -0.385 e. The van der Waals surface area contributed by atoms with Crippen LogP contribution in [0.3, 0.4) is 0 Å². The van der Waals surface area contributed by atoms with E-state index in [0.717, 1.165) is 64.2 Å². The Bertz CT molecular complexity index is 351. The van der Waals surface area contributed by atoms with Crippen molar-refractivity contribution in [1.29, 1.82) is 0 Å². The van der Waals surface area contributed by atoms with Gasteiger partial charge in [-0.1, -0.05) is 6.42 Å². The first kappa shape index (κ1) is 22.2. The predicted molar refractivity (Wildman–Crippen MR) is 107 cm³/mol. The lowest BCUT2D eigenvalue weighted by Crippen LogP contribution is -2.41. The summed E-state index contributed by atoms with van der Waals surface area (Å²) in [5.74, 6) is 0.944. The average Bonchev–Trinajstić information content (AvgIpc) is 2.60. The molecule has 1 heterocycles. The second-order valence-electron chi connectivity index (χ2n) is 7.07. The molecule has 0 amide bonds.